The molecule has 0 aliphatic rings. The highest BCUT2D eigenvalue weighted by molar-refractivity contribution is 4.84. The van der Waals surface area contributed by atoms with E-state index in [0.29, 0.717) is 5.36 Å². The smallest absolute Gasteiger partial charge is 0.108 e. The summed E-state index contributed by atoms with van der Waals surface area (Å²) in [6.45, 7) is 0. The normalized spacial score (nSPS) is 8.50. The molecule has 0 aromatic carbocycles. The average Bonchev–Trinajstić information content (AvgIpc) is 1.90. The molecule has 0 spiro atoms. The molecule has 0 atom stereocenters. The Hall–Kier alpha value is -1.25. The third-order valence-electron chi connectivity index (χ3n) is 0.750. The predicted octanol–water partition coefficient (Wildman–Crippen LogP) is 0.570. The molecule has 1 aromatic heterocycles. The zero-order valence-electron chi connectivity index (χ0n) is 4.11. The summed E-state index contributed by atoms with van der Waals surface area (Å²) in [6.07, 6.45) is 2.88. The topological polar surface area (TPSA) is 45.7 Å². The van der Waals surface area contributed by atoms with E-state index in [2.05, 4.69) is 9.57 Å². The molecule has 1 heterocycles. The van der Waals surface area contributed by atoms with Crippen LogP contribution in [0.5, 0.6) is 0 Å². The molecule has 8 heavy (non-hydrogen) atoms. The van der Waals surface area contributed by atoms with Crippen LogP contribution < -0.4 is 5.36 Å². The van der Waals surface area contributed by atoms with Crippen molar-refractivity contribution in [2.45, 2.75) is 0 Å². The summed E-state index contributed by atoms with van der Waals surface area (Å²) in [6, 6.07) is 3.11. The van der Waals surface area contributed by atoms with Crippen LogP contribution in [0.3, 0.4) is 0 Å². The first kappa shape index (κ1) is 4.90. The Kier molecular flexibility index (Phi) is 1.32. The van der Waals surface area contributed by atoms with Crippen LogP contribution in [-0.4, -0.2) is 5.21 Å². The summed E-state index contributed by atoms with van der Waals surface area (Å²) < 4.78 is 4.65. The van der Waals surface area contributed by atoms with Crippen LogP contribution in [0.15, 0.2) is 34.2 Å². The van der Waals surface area contributed by atoms with Crippen molar-refractivity contribution in [3.8, 4) is 0 Å². The highest BCUT2D eigenvalue weighted by atomic mass is 16.4. The second-order valence-electron chi connectivity index (χ2n) is 1.27. The van der Waals surface area contributed by atoms with Gasteiger partial charge in [-0.05, 0) is 0 Å². The third-order valence-corrected chi connectivity index (χ3v) is 0.750. The molecule has 1 aromatic rings. The predicted molar refractivity (Wildman–Crippen MR) is 26.1 cm³/mol. The summed E-state index contributed by atoms with van der Waals surface area (Å²) in [4.78, 5) is 0. The highest BCUT2D eigenvalue weighted by Crippen LogP contribution is 1.73. The van der Waals surface area contributed by atoms with Gasteiger partial charge in [0.2, 0.25) is 0 Å². The second kappa shape index (κ2) is 2.16. The Morgan fingerprint density at radius 1 is 1.38 bits per heavy atom. The van der Waals surface area contributed by atoms with Crippen molar-refractivity contribution in [1.82, 2.24) is 0 Å². The van der Waals surface area contributed by atoms with Crippen molar-refractivity contribution in [2.75, 3.05) is 0 Å². The molecule has 42 valence electrons. The maximum absolute atomic E-state index is 8.12. The monoisotopic (exact) mass is 111 g/mol. The SMILES string of the molecule is ON=c1ccocc1. The molecular formula is C5H5NO2. The van der Waals surface area contributed by atoms with Crippen molar-refractivity contribution < 1.29 is 9.62 Å². The van der Waals surface area contributed by atoms with E-state index in [9.17, 15) is 0 Å². The molecule has 0 saturated carbocycles. The Balaban J connectivity index is 3.20. The molecule has 0 saturated heterocycles. The molecule has 3 heteroatoms. The van der Waals surface area contributed by atoms with E-state index < -0.39 is 0 Å². The van der Waals surface area contributed by atoms with Gasteiger partial charge in [0.1, 0.15) is 5.36 Å². The number of nitrogens with zero attached hydrogens (tertiary/aromatic N) is 1. The zero-order chi connectivity index (χ0) is 5.82. The van der Waals surface area contributed by atoms with Crippen LogP contribution in [0, 0.1) is 0 Å². The summed E-state index contributed by atoms with van der Waals surface area (Å²) in [5.41, 5.74) is 0. The lowest BCUT2D eigenvalue weighted by Gasteiger charge is -1.77. The van der Waals surface area contributed by atoms with Gasteiger partial charge in [0.15, 0.2) is 0 Å². The van der Waals surface area contributed by atoms with E-state index in [1.165, 1.54) is 12.5 Å². The van der Waals surface area contributed by atoms with E-state index in [0.717, 1.165) is 0 Å². The molecule has 0 amide bonds. The van der Waals surface area contributed by atoms with Gasteiger partial charge in [-0.2, -0.15) is 0 Å². The Bertz CT molecular complexity index is 198. The number of hydrogen-bond donors (Lipinski definition) is 1. The summed E-state index contributed by atoms with van der Waals surface area (Å²) in [5, 5.41) is 11.5. The first-order chi connectivity index (χ1) is 3.93. The van der Waals surface area contributed by atoms with Crippen molar-refractivity contribution in [3.05, 3.63) is 30.0 Å². The van der Waals surface area contributed by atoms with Crippen molar-refractivity contribution in [3.63, 3.8) is 0 Å². The molecule has 3 nitrogen and oxygen atoms in total. The van der Waals surface area contributed by atoms with Crippen LogP contribution in [0.2, 0.25) is 0 Å². The molecule has 1 rings (SSSR count). The first-order valence-corrected chi connectivity index (χ1v) is 2.14. The summed E-state index contributed by atoms with van der Waals surface area (Å²) >= 11 is 0. The van der Waals surface area contributed by atoms with Crippen molar-refractivity contribution in [2.24, 2.45) is 5.16 Å². The van der Waals surface area contributed by atoms with Crippen molar-refractivity contribution in [1.29, 1.82) is 0 Å². The standard InChI is InChI=1S/C5H5NO2/c7-6-5-1-3-8-4-2-5/h1-4,7H. The van der Waals surface area contributed by atoms with Gasteiger partial charge < -0.3 is 9.62 Å². The zero-order valence-corrected chi connectivity index (χ0v) is 4.11. The molecule has 0 fully saturated rings. The third kappa shape index (κ3) is 0.872. The second-order valence-corrected chi connectivity index (χ2v) is 1.27. The molecule has 0 aliphatic heterocycles. The molecule has 0 bridgehead atoms. The maximum Gasteiger partial charge on any atom is 0.108 e. The lowest BCUT2D eigenvalue weighted by molar-refractivity contribution is 0.301. The van der Waals surface area contributed by atoms with Gasteiger partial charge in [-0.1, -0.05) is 5.16 Å². The molecule has 0 aliphatic carbocycles. The fourth-order valence-electron chi connectivity index (χ4n) is 0.386. The van der Waals surface area contributed by atoms with Gasteiger partial charge in [-0.25, -0.2) is 0 Å². The minimum Gasteiger partial charge on any atom is -0.472 e. The fraction of sp³-hybridized carbons (Fsp3) is 0. The molecular weight excluding hydrogens is 106 g/mol. The van der Waals surface area contributed by atoms with E-state index >= 15 is 0 Å². The molecule has 1 N–H and O–H groups in total. The first-order valence-electron chi connectivity index (χ1n) is 2.14. The van der Waals surface area contributed by atoms with Crippen molar-refractivity contribution >= 4 is 0 Å². The van der Waals surface area contributed by atoms with Crippen LogP contribution in [0.4, 0.5) is 0 Å². The van der Waals surface area contributed by atoms with Gasteiger partial charge in [0.05, 0.1) is 12.5 Å². The van der Waals surface area contributed by atoms with Gasteiger partial charge in [0.25, 0.3) is 0 Å². The summed E-state index contributed by atoms with van der Waals surface area (Å²) in [7, 11) is 0. The molecule has 0 radical (unpaired) electrons. The summed E-state index contributed by atoms with van der Waals surface area (Å²) in [5.74, 6) is 0. The number of rotatable bonds is 0. The Morgan fingerprint density at radius 3 is 2.38 bits per heavy atom. The maximum atomic E-state index is 8.12. The van der Waals surface area contributed by atoms with Gasteiger partial charge in [-0.3, -0.25) is 0 Å². The fourth-order valence-corrected chi connectivity index (χ4v) is 0.386. The largest absolute Gasteiger partial charge is 0.472 e. The van der Waals surface area contributed by atoms with Crippen LogP contribution in [0.1, 0.15) is 0 Å². The van der Waals surface area contributed by atoms with E-state index in [-0.39, 0.29) is 0 Å². The van der Waals surface area contributed by atoms with Gasteiger partial charge in [-0.15, -0.1) is 0 Å². The van der Waals surface area contributed by atoms with Gasteiger partial charge in [0, 0.05) is 12.1 Å². The Labute approximate surface area is 45.9 Å². The number of hydrogen-bond acceptors (Lipinski definition) is 3. The van der Waals surface area contributed by atoms with E-state index in [4.69, 9.17) is 5.21 Å². The lowest BCUT2D eigenvalue weighted by Crippen LogP contribution is -1.95. The van der Waals surface area contributed by atoms with Crippen LogP contribution in [0.25, 0.3) is 0 Å². The molecule has 0 unspecified atom stereocenters. The van der Waals surface area contributed by atoms with E-state index in [1.54, 1.807) is 12.1 Å². The van der Waals surface area contributed by atoms with Gasteiger partial charge >= 0.3 is 0 Å². The van der Waals surface area contributed by atoms with E-state index in [1.807, 2.05) is 0 Å². The minimum absolute atomic E-state index is 0.497. The average molecular weight is 111 g/mol. The van der Waals surface area contributed by atoms with Crippen LogP contribution in [-0.2, 0) is 0 Å². The lowest BCUT2D eigenvalue weighted by atomic mass is 10.5. The van der Waals surface area contributed by atoms with Crippen LogP contribution >= 0.6 is 0 Å². The quantitative estimate of drug-likeness (QED) is 0.393. The minimum atomic E-state index is 0.497. The Morgan fingerprint density at radius 2 is 2.00 bits per heavy atom. The highest BCUT2D eigenvalue weighted by Gasteiger charge is 1.73.